The molecule has 0 bridgehead atoms. The van der Waals surface area contributed by atoms with Crippen molar-refractivity contribution in [1.82, 2.24) is 14.9 Å². The Balaban J connectivity index is 1.36. The van der Waals surface area contributed by atoms with Crippen LogP contribution in [0.15, 0.2) is 36.8 Å². The second-order valence-corrected chi connectivity index (χ2v) is 6.19. The monoisotopic (exact) mass is 308 g/mol. The standard InChI is InChI=1S/C18H20N4O/c23-18(22-10-6-14-3-1-2-4-17(14)22)7-9-21-8-5-15-11-19-13-20-16(15)12-21/h1-4,11,13H,5-10,12H2. The zero-order valence-electron chi connectivity index (χ0n) is 13.1. The minimum absolute atomic E-state index is 0.225. The zero-order chi connectivity index (χ0) is 15.6. The van der Waals surface area contributed by atoms with Gasteiger partial charge in [-0.2, -0.15) is 0 Å². The van der Waals surface area contributed by atoms with Crippen molar-refractivity contribution in [2.45, 2.75) is 25.8 Å². The van der Waals surface area contributed by atoms with Crippen molar-refractivity contribution in [3.05, 3.63) is 53.6 Å². The van der Waals surface area contributed by atoms with Gasteiger partial charge in [0.25, 0.3) is 0 Å². The van der Waals surface area contributed by atoms with E-state index in [1.54, 1.807) is 6.33 Å². The van der Waals surface area contributed by atoms with Crippen molar-refractivity contribution in [3.8, 4) is 0 Å². The van der Waals surface area contributed by atoms with Crippen LogP contribution in [0.2, 0.25) is 0 Å². The van der Waals surface area contributed by atoms with Crippen LogP contribution in [0.5, 0.6) is 0 Å². The Morgan fingerprint density at radius 3 is 2.96 bits per heavy atom. The third-order valence-electron chi connectivity index (χ3n) is 4.78. The molecule has 2 aliphatic heterocycles. The van der Waals surface area contributed by atoms with E-state index in [0.717, 1.165) is 50.4 Å². The highest BCUT2D eigenvalue weighted by Crippen LogP contribution is 2.28. The van der Waals surface area contributed by atoms with Crippen LogP contribution in [0, 0.1) is 0 Å². The third kappa shape index (κ3) is 2.84. The maximum Gasteiger partial charge on any atom is 0.228 e. The molecule has 0 atom stereocenters. The van der Waals surface area contributed by atoms with Crippen LogP contribution in [0.3, 0.4) is 0 Å². The van der Waals surface area contributed by atoms with Gasteiger partial charge in [-0.15, -0.1) is 0 Å². The molecule has 3 heterocycles. The molecule has 4 rings (SSSR count). The molecular weight excluding hydrogens is 288 g/mol. The molecule has 1 aromatic heterocycles. The van der Waals surface area contributed by atoms with Crippen LogP contribution in [0.1, 0.15) is 23.2 Å². The van der Waals surface area contributed by atoms with Crippen LogP contribution in [-0.4, -0.2) is 40.4 Å². The number of fused-ring (bicyclic) bond motifs is 2. The van der Waals surface area contributed by atoms with Gasteiger partial charge in [-0.1, -0.05) is 18.2 Å². The lowest BCUT2D eigenvalue weighted by Gasteiger charge is -2.28. The third-order valence-corrected chi connectivity index (χ3v) is 4.78. The van der Waals surface area contributed by atoms with Crippen LogP contribution < -0.4 is 4.90 Å². The van der Waals surface area contributed by atoms with E-state index in [1.165, 1.54) is 11.1 Å². The topological polar surface area (TPSA) is 49.3 Å². The molecule has 1 aromatic carbocycles. The lowest BCUT2D eigenvalue weighted by atomic mass is 10.1. The first-order chi connectivity index (χ1) is 11.3. The Morgan fingerprint density at radius 2 is 2.00 bits per heavy atom. The number of carbonyl (C=O) groups is 1. The smallest absolute Gasteiger partial charge is 0.228 e. The summed E-state index contributed by atoms with van der Waals surface area (Å²) in [6.45, 7) is 3.40. The second-order valence-electron chi connectivity index (χ2n) is 6.19. The Kier molecular flexibility index (Phi) is 3.79. The summed E-state index contributed by atoms with van der Waals surface area (Å²) >= 11 is 0. The van der Waals surface area contributed by atoms with E-state index in [1.807, 2.05) is 29.3 Å². The minimum atomic E-state index is 0.225. The number of rotatable bonds is 3. The zero-order valence-corrected chi connectivity index (χ0v) is 13.1. The van der Waals surface area contributed by atoms with Gasteiger partial charge in [-0.05, 0) is 30.0 Å². The van der Waals surface area contributed by atoms with Gasteiger partial charge in [-0.3, -0.25) is 9.69 Å². The van der Waals surface area contributed by atoms with E-state index in [4.69, 9.17) is 0 Å². The maximum atomic E-state index is 12.6. The SMILES string of the molecule is O=C(CCN1CCc2cncnc2C1)N1CCc2ccccc21. The fourth-order valence-corrected chi connectivity index (χ4v) is 3.48. The quantitative estimate of drug-likeness (QED) is 0.868. The first kappa shape index (κ1) is 14.3. The van der Waals surface area contributed by atoms with E-state index in [2.05, 4.69) is 20.9 Å². The minimum Gasteiger partial charge on any atom is -0.312 e. The lowest BCUT2D eigenvalue weighted by Crippen LogP contribution is -2.36. The first-order valence-electron chi connectivity index (χ1n) is 8.19. The summed E-state index contributed by atoms with van der Waals surface area (Å²) in [4.78, 5) is 25.3. The molecule has 1 amide bonds. The Bertz CT molecular complexity index is 730. The predicted octanol–water partition coefficient (Wildman–Crippen LogP) is 1.81. The summed E-state index contributed by atoms with van der Waals surface area (Å²) < 4.78 is 0. The average molecular weight is 308 g/mol. The number of anilines is 1. The molecule has 0 aliphatic carbocycles. The number of amides is 1. The Hall–Kier alpha value is -2.27. The van der Waals surface area contributed by atoms with Crippen LogP contribution in [0.4, 0.5) is 5.69 Å². The normalized spacial score (nSPS) is 17.0. The summed E-state index contributed by atoms with van der Waals surface area (Å²) in [5.41, 5.74) is 4.72. The molecule has 0 unspecified atom stereocenters. The molecule has 0 fully saturated rings. The predicted molar refractivity (Wildman–Crippen MR) is 88.1 cm³/mol. The second kappa shape index (κ2) is 6.08. The van der Waals surface area contributed by atoms with Crippen LogP contribution in [-0.2, 0) is 24.2 Å². The number of hydrogen-bond acceptors (Lipinski definition) is 4. The van der Waals surface area contributed by atoms with Gasteiger partial charge in [0.05, 0.1) is 5.69 Å². The highest BCUT2D eigenvalue weighted by Gasteiger charge is 2.25. The number of aromatic nitrogens is 2. The fourth-order valence-electron chi connectivity index (χ4n) is 3.48. The molecular formula is C18H20N4O. The first-order valence-corrected chi connectivity index (χ1v) is 8.19. The number of hydrogen-bond donors (Lipinski definition) is 0. The molecule has 0 spiro atoms. The van der Waals surface area contributed by atoms with E-state index < -0.39 is 0 Å². The fraction of sp³-hybridized carbons (Fsp3) is 0.389. The molecule has 0 N–H and O–H groups in total. The molecule has 0 saturated carbocycles. The van der Waals surface area contributed by atoms with Crippen molar-refractivity contribution >= 4 is 11.6 Å². The maximum absolute atomic E-state index is 12.6. The van der Waals surface area contributed by atoms with Gasteiger partial charge in [0, 0.05) is 44.5 Å². The highest BCUT2D eigenvalue weighted by atomic mass is 16.2. The van der Waals surface area contributed by atoms with E-state index in [-0.39, 0.29) is 5.91 Å². The molecule has 23 heavy (non-hydrogen) atoms. The Labute approximate surface area is 136 Å². The molecule has 0 saturated heterocycles. The number of nitrogens with zero attached hydrogens (tertiary/aromatic N) is 4. The van der Waals surface area contributed by atoms with Gasteiger partial charge in [0.1, 0.15) is 6.33 Å². The van der Waals surface area contributed by atoms with E-state index >= 15 is 0 Å². The summed E-state index contributed by atoms with van der Waals surface area (Å²) in [5, 5.41) is 0. The van der Waals surface area contributed by atoms with Crippen molar-refractivity contribution in [2.24, 2.45) is 0 Å². The number of para-hydroxylation sites is 1. The van der Waals surface area contributed by atoms with Crippen molar-refractivity contribution < 1.29 is 4.79 Å². The molecule has 2 aromatic rings. The molecule has 118 valence electrons. The lowest BCUT2D eigenvalue weighted by molar-refractivity contribution is -0.118. The molecule has 5 nitrogen and oxygen atoms in total. The summed E-state index contributed by atoms with van der Waals surface area (Å²) in [7, 11) is 0. The molecule has 5 heteroatoms. The summed E-state index contributed by atoms with van der Waals surface area (Å²) in [5.74, 6) is 0.225. The molecule has 2 aliphatic rings. The van der Waals surface area contributed by atoms with Gasteiger partial charge in [-0.25, -0.2) is 9.97 Å². The van der Waals surface area contributed by atoms with E-state index in [9.17, 15) is 4.79 Å². The highest BCUT2D eigenvalue weighted by molar-refractivity contribution is 5.95. The van der Waals surface area contributed by atoms with Gasteiger partial charge in [0.2, 0.25) is 5.91 Å². The van der Waals surface area contributed by atoms with Crippen LogP contribution >= 0.6 is 0 Å². The van der Waals surface area contributed by atoms with Gasteiger partial charge < -0.3 is 4.90 Å². The van der Waals surface area contributed by atoms with Crippen LogP contribution in [0.25, 0.3) is 0 Å². The Morgan fingerprint density at radius 1 is 1.13 bits per heavy atom. The largest absolute Gasteiger partial charge is 0.312 e. The summed E-state index contributed by atoms with van der Waals surface area (Å²) in [6.07, 6.45) is 6.02. The van der Waals surface area contributed by atoms with E-state index in [0.29, 0.717) is 6.42 Å². The van der Waals surface area contributed by atoms with Crippen molar-refractivity contribution in [3.63, 3.8) is 0 Å². The number of carbonyl (C=O) groups excluding carboxylic acids is 1. The summed E-state index contributed by atoms with van der Waals surface area (Å²) in [6, 6.07) is 8.21. The molecule has 0 radical (unpaired) electrons. The number of benzene rings is 1. The van der Waals surface area contributed by atoms with Gasteiger partial charge in [0.15, 0.2) is 0 Å². The average Bonchev–Trinajstić information content (AvgIpc) is 3.03. The van der Waals surface area contributed by atoms with Gasteiger partial charge >= 0.3 is 0 Å². The van der Waals surface area contributed by atoms with Crippen molar-refractivity contribution in [1.29, 1.82) is 0 Å². The van der Waals surface area contributed by atoms with Crippen molar-refractivity contribution in [2.75, 3.05) is 24.5 Å².